The first kappa shape index (κ1) is 32.1. The lowest BCUT2D eigenvalue weighted by Crippen LogP contribution is -2.16. The van der Waals surface area contributed by atoms with Gasteiger partial charge in [0, 0.05) is 11.4 Å². The van der Waals surface area contributed by atoms with Crippen molar-refractivity contribution in [2.75, 3.05) is 4.90 Å². The van der Waals surface area contributed by atoms with Gasteiger partial charge in [0.25, 0.3) is 0 Å². The molecule has 1 aliphatic rings. The Bertz CT molecular complexity index is 2130. The van der Waals surface area contributed by atoms with Crippen LogP contribution in [0.5, 0.6) is 0 Å². The minimum atomic E-state index is 0.342. The number of rotatable bonds is 8. The Labute approximate surface area is 281 Å². The van der Waals surface area contributed by atoms with Crippen molar-refractivity contribution in [3.63, 3.8) is 0 Å². The van der Waals surface area contributed by atoms with E-state index in [4.69, 9.17) is 0 Å². The van der Waals surface area contributed by atoms with E-state index in [9.17, 15) is 5.26 Å². The van der Waals surface area contributed by atoms with Gasteiger partial charge in [-0.1, -0.05) is 87.9 Å². The van der Waals surface area contributed by atoms with Gasteiger partial charge < -0.3 is 4.90 Å². The average molecular weight is 615 g/mol. The molecule has 5 aromatic rings. The molecule has 6 rings (SSSR count). The van der Waals surface area contributed by atoms with Crippen molar-refractivity contribution >= 4 is 44.7 Å². The number of anilines is 3. The maximum Gasteiger partial charge on any atom is 0.0991 e. The zero-order chi connectivity index (χ0) is 33.6. The second kappa shape index (κ2) is 12.7. The Morgan fingerprint density at radius 1 is 0.745 bits per heavy atom. The summed E-state index contributed by atoms with van der Waals surface area (Å²) in [7, 11) is 0. The normalized spacial score (nSPS) is 13.2. The van der Waals surface area contributed by atoms with E-state index < -0.39 is 0 Å². The molecule has 0 aromatic heterocycles. The topological polar surface area (TPSA) is 27.0 Å². The zero-order valence-electron chi connectivity index (χ0n) is 29.3. The summed E-state index contributed by atoms with van der Waals surface area (Å²) in [6, 6.07) is 26.8. The van der Waals surface area contributed by atoms with Gasteiger partial charge in [0.05, 0.1) is 17.3 Å². The van der Waals surface area contributed by atoms with Crippen molar-refractivity contribution in [2.24, 2.45) is 0 Å². The fourth-order valence-corrected chi connectivity index (χ4v) is 7.61. The summed E-state index contributed by atoms with van der Waals surface area (Å²) in [5.74, 6) is 0.761. The second-order valence-corrected chi connectivity index (χ2v) is 14.0. The number of allylic oxidation sites excluding steroid dienone is 4. The average Bonchev–Trinajstić information content (AvgIpc) is 3.04. The number of benzene rings is 5. The summed E-state index contributed by atoms with van der Waals surface area (Å²) in [6.07, 6.45) is 8.47. The Morgan fingerprint density at radius 3 is 1.98 bits per heavy atom. The molecule has 0 heterocycles. The van der Waals surface area contributed by atoms with E-state index in [0.29, 0.717) is 17.4 Å². The molecule has 0 radical (unpaired) electrons. The molecule has 0 N–H and O–H groups in total. The fourth-order valence-electron chi connectivity index (χ4n) is 7.61. The van der Waals surface area contributed by atoms with Crippen molar-refractivity contribution in [1.82, 2.24) is 0 Å². The lowest BCUT2D eigenvalue weighted by atomic mass is 9.77. The highest BCUT2D eigenvalue weighted by Gasteiger charge is 2.28. The van der Waals surface area contributed by atoms with E-state index in [2.05, 4.69) is 140 Å². The Morgan fingerprint density at radius 2 is 1.36 bits per heavy atom. The van der Waals surface area contributed by atoms with Crippen molar-refractivity contribution in [3.8, 4) is 6.07 Å². The van der Waals surface area contributed by atoms with E-state index in [0.717, 1.165) is 29.8 Å². The predicted molar refractivity (Wildman–Crippen MR) is 204 cm³/mol. The van der Waals surface area contributed by atoms with Crippen LogP contribution in [-0.4, -0.2) is 0 Å². The van der Waals surface area contributed by atoms with E-state index >= 15 is 0 Å². The molecule has 236 valence electrons. The van der Waals surface area contributed by atoms with Gasteiger partial charge in [-0.3, -0.25) is 0 Å². The van der Waals surface area contributed by atoms with Gasteiger partial charge in [0.2, 0.25) is 0 Å². The number of nitriles is 1. The third-order valence-electron chi connectivity index (χ3n) is 9.68. The quantitative estimate of drug-likeness (QED) is 0.128. The zero-order valence-corrected chi connectivity index (χ0v) is 29.3. The molecule has 0 atom stereocenters. The first-order valence-corrected chi connectivity index (χ1v) is 17.0. The SMILES string of the molecule is C=C/C(C)=C\C(C)=C/c1cc(C(C)C)c2c3c1ccc1c(C(C)C)cc(N(c4ccc(C#N)cc4)c4cc(C)cc(C)c4)c(c13)CC2. The van der Waals surface area contributed by atoms with Gasteiger partial charge >= 0.3 is 0 Å². The van der Waals surface area contributed by atoms with Crippen molar-refractivity contribution < 1.29 is 0 Å². The minimum absolute atomic E-state index is 0.342. The van der Waals surface area contributed by atoms with Crippen molar-refractivity contribution in [3.05, 3.63) is 141 Å². The Hall–Kier alpha value is -4.87. The molecule has 0 bridgehead atoms. The summed E-state index contributed by atoms with van der Waals surface area (Å²) in [4.78, 5) is 2.44. The van der Waals surface area contributed by atoms with Gasteiger partial charge in [0.1, 0.15) is 0 Å². The Balaban J connectivity index is 1.76. The maximum absolute atomic E-state index is 9.60. The molecule has 5 aromatic carbocycles. The van der Waals surface area contributed by atoms with Crippen LogP contribution in [0.2, 0.25) is 0 Å². The van der Waals surface area contributed by atoms with E-state index in [-0.39, 0.29) is 0 Å². The van der Waals surface area contributed by atoms with Gasteiger partial charge in [-0.25, -0.2) is 0 Å². The molecule has 0 saturated heterocycles. The summed E-state index contributed by atoms with van der Waals surface area (Å²) < 4.78 is 0. The van der Waals surface area contributed by atoms with Crippen molar-refractivity contribution in [2.45, 2.75) is 80.1 Å². The van der Waals surface area contributed by atoms with Crippen LogP contribution < -0.4 is 4.90 Å². The van der Waals surface area contributed by atoms with Gasteiger partial charge in [-0.2, -0.15) is 5.26 Å². The van der Waals surface area contributed by atoms with Gasteiger partial charge in [-0.05, 0) is 155 Å². The first-order valence-electron chi connectivity index (χ1n) is 17.0. The molecule has 0 unspecified atom stereocenters. The smallest absolute Gasteiger partial charge is 0.0991 e. The summed E-state index contributed by atoms with van der Waals surface area (Å²) in [5, 5.41) is 15.1. The molecular formula is C45H46N2. The van der Waals surface area contributed by atoms with Gasteiger partial charge in [0.15, 0.2) is 0 Å². The lowest BCUT2D eigenvalue weighted by molar-refractivity contribution is 0.830. The van der Waals surface area contributed by atoms with Crippen LogP contribution in [0.1, 0.15) is 97.9 Å². The van der Waals surface area contributed by atoms with Crippen LogP contribution in [0.25, 0.3) is 27.6 Å². The monoisotopic (exact) mass is 614 g/mol. The first-order chi connectivity index (χ1) is 22.5. The van der Waals surface area contributed by atoms with Crippen LogP contribution in [0, 0.1) is 25.2 Å². The fraction of sp³-hybridized carbons (Fsp3) is 0.267. The van der Waals surface area contributed by atoms with E-state index in [1.165, 1.54) is 71.7 Å². The molecule has 0 spiro atoms. The molecular weight excluding hydrogens is 569 g/mol. The van der Waals surface area contributed by atoms with Crippen LogP contribution in [0.4, 0.5) is 17.1 Å². The van der Waals surface area contributed by atoms with E-state index in [1.807, 2.05) is 18.2 Å². The lowest BCUT2D eigenvalue weighted by Gasteiger charge is -2.33. The standard InChI is InChI=1S/C45H46N2/c1-10-29(6)19-30(7)21-34-24-41(27(2)3)38-17-18-40-43(25-42(28(4)5)39-16-15-37(34)44(38)45(39)40)47(35-13-11-33(26-46)12-14-35)36-22-31(8)20-32(9)23-36/h10-16,19-25,27-28H,1,17-18H2,2-9H3/b29-19-,30-21-. The molecule has 1 aliphatic carbocycles. The minimum Gasteiger partial charge on any atom is -0.310 e. The number of hydrogen-bond acceptors (Lipinski definition) is 2. The predicted octanol–water partition coefficient (Wildman–Crippen LogP) is 12.8. The van der Waals surface area contributed by atoms with Crippen LogP contribution in [0.3, 0.4) is 0 Å². The third kappa shape index (κ3) is 5.92. The summed E-state index contributed by atoms with van der Waals surface area (Å²) >= 11 is 0. The van der Waals surface area contributed by atoms with E-state index in [1.54, 1.807) is 0 Å². The molecule has 2 nitrogen and oxygen atoms in total. The maximum atomic E-state index is 9.60. The summed E-state index contributed by atoms with van der Waals surface area (Å²) in [5.41, 5.74) is 16.0. The Kier molecular flexibility index (Phi) is 8.69. The van der Waals surface area contributed by atoms with Crippen LogP contribution >= 0.6 is 0 Å². The molecule has 0 amide bonds. The largest absolute Gasteiger partial charge is 0.310 e. The summed E-state index contributed by atoms with van der Waals surface area (Å²) in [6.45, 7) is 21.9. The molecule has 0 aliphatic heterocycles. The number of hydrogen-bond donors (Lipinski definition) is 0. The highest BCUT2D eigenvalue weighted by Crippen LogP contribution is 2.49. The van der Waals surface area contributed by atoms with Crippen LogP contribution in [-0.2, 0) is 12.8 Å². The molecule has 2 heteroatoms. The van der Waals surface area contributed by atoms with Crippen molar-refractivity contribution in [1.29, 1.82) is 5.26 Å². The number of aryl methyl sites for hydroxylation is 4. The van der Waals surface area contributed by atoms with Gasteiger partial charge in [-0.15, -0.1) is 0 Å². The highest BCUT2D eigenvalue weighted by molar-refractivity contribution is 6.17. The third-order valence-corrected chi connectivity index (χ3v) is 9.68. The van der Waals surface area contributed by atoms with Crippen LogP contribution in [0.15, 0.2) is 96.6 Å². The second-order valence-electron chi connectivity index (χ2n) is 14.0. The highest BCUT2D eigenvalue weighted by atomic mass is 15.1. The number of nitrogens with zero attached hydrogens (tertiary/aromatic N) is 2. The molecule has 0 saturated carbocycles. The molecule has 0 fully saturated rings. The molecule has 47 heavy (non-hydrogen) atoms.